The standard InChI is InChI=1S/C19H26ClN5O2S/c1-23(2)19-21-13-16(14-8-7-9-15(20)12-14)18(22-19)17-10-5-6-11-25(17)28(26,27)24(3)4/h7-9,12-13,17H,5-6,10-11H2,1-4H3/t17-/m0/s1. The first kappa shape index (κ1) is 21.0. The maximum atomic E-state index is 13.0. The smallest absolute Gasteiger partial charge is 0.282 e. The van der Waals surface area contributed by atoms with E-state index >= 15 is 0 Å². The van der Waals surface area contributed by atoms with E-state index in [1.807, 2.05) is 43.3 Å². The van der Waals surface area contributed by atoms with Gasteiger partial charge in [0.15, 0.2) is 0 Å². The van der Waals surface area contributed by atoms with Crippen LogP contribution < -0.4 is 4.90 Å². The summed E-state index contributed by atoms with van der Waals surface area (Å²) in [5.74, 6) is 0.550. The van der Waals surface area contributed by atoms with E-state index in [2.05, 4.69) is 4.98 Å². The summed E-state index contributed by atoms with van der Waals surface area (Å²) in [6.07, 6.45) is 4.25. The first-order chi connectivity index (χ1) is 13.2. The number of halogens is 1. The summed E-state index contributed by atoms with van der Waals surface area (Å²) in [5, 5.41) is 0.613. The van der Waals surface area contributed by atoms with Gasteiger partial charge in [-0.2, -0.15) is 17.0 Å². The number of benzene rings is 1. The van der Waals surface area contributed by atoms with E-state index in [9.17, 15) is 8.42 Å². The van der Waals surface area contributed by atoms with Crippen molar-refractivity contribution in [2.45, 2.75) is 25.3 Å². The number of anilines is 1. The molecule has 1 saturated heterocycles. The van der Waals surface area contributed by atoms with E-state index in [1.165, 1.54) is 4.31 Å². The van der Waals surface area contributed by atoms with Gasteiger partial charge in [-0.05, 0) is 30.5 Å². The molecule has 2 heterocycles. The van der Waals surface area contributed by atoms with Crippen LogP contribution in [-0.4, -0.2) is 61.7 Å². The fraction of sp³-hybridized carbons (Fsp3) is 0.474. The van der Waals surface area contributed by atoms with Crippen molar-refractivity contribution in [2.75, 3.05) is 39.6 Å². The van der Waals surface area contributed by atoms with Gasteiger partial charge in [-0.1, -0.05) is 30.2 Å². The molecule has 0 unspecified atom stereocenters. The van der Waals surface area contributed by atoms with Crippen LogP contribution in [0.25, 0.3) is 11.1 Å². The van der Waals surface area contributed by atoms with Gasteiger partial charge >= 0.3 is 0 Å². The van der Waals surface area contributed by atoms with Crippen LogP contribution in [0.3, 0.4) is 0 Å². The van der Waals surface area contributed by atoms with E-state index < -0.39 is 10.2 Å². The first-order valence-electron chi connectivity index (χ1n) is 9.21. The van der Waals surface area contributed by atoms with Gasteiger partial charge in [0.2, 0.25) is 5.95 Å². The highest BCUT2D eigenvalue weighted by atomic mass is 35.5. The van der Waals surface area contributed by atoms with Crippen molar-refractivity contribution in [3.8, 4) is 11.1 Å². The average molecular weight is 424 g/mol. The molecule has 0 bridgehead atoms. The molecule has 1 aliphatic rings. The van der Waals surface area contributed by atoms with Crippen molar-refractivity contribution < 1.29 is 8.42 Å². The summed E-state index contributed by atoms with van der Waals surface area (Å²) in [6, 6.07) is 7.13. The lowest BCUT2D eigenvalue weighted by atomic mass is 9.95. The zero-order chi connectivity index (χ0) is 20.5. The lowest BCUT2D eigenvalue weighted by Crippen LogP contribution is -2.45. The lowest BCUT2D eigenvalue weighted by molar-refractivity contribution is 0.239. The summed E-state index contributed by atoms with van der Waals surface area (Å²) < 4.78 is 28.8. The zero-order valence-corrected chi connectivity index (χ0v) is 18.2. The van der Waals surface area contributed by atoms with E-state index in [0.717, 1.165) is 24.0 Å². The molecule has 0 spiro atoms. The van der Waals surface area contributed by atoms with Crippen molar-refractivity contribution in [3.63, 3.8) is 0 Å². The number of nitrogens with zero attached hydrogens (tertiary/aromatic N) is 5. The third-order valence-electron chi connectivity index (χ3n) is 4.87. The normalized spacial score (nSPS) is 18.4. The molecule has 3 rings (SSSR count). The third kappa shape index (κ3) is 4.15. The number of hydrogen-bond acceptors (Lipinski definition) is 5. The number of aromatic nitrogens is 2. The second kappa shape index (κ2) is 8.32. The van der Waals surface area contributed by atoms with E-state index in [-0.39, 0.29) is 6.04 Å². The van der Waals surface area contributed by atoms with Crippen LogP contribution in [0.2, 0.25) is 5.02 Å². The van der Waals surface area contributed by atoms with E-state index in [0.29, 0.717) is 29.6 Å². The van der Waals surface area contributed by atoms with Gasteiger partial charge in [0, 0.05) is 51.5 Å². The molecule has 0 N–H and O–H groups in total. The molecule has 152 valence electrons. The molecule has 1 fully saturated rings. The molecule has 28 heavy (non-hydrogen) atoms. The highest BCUT2D eigenvalue weighted by molar-refractivity contribution is 7.86. The van der Waals surface area contributed by atoms with Crippen molar-refractivity contribution >= 4 is 27.8 Å². The van der Waals surface area contributed by atoms with Crippen LogP contribution in [0.1, 0.15) is 31.0 Å². The Balaban J connectivity index is 2.18. The molecule has 0 saturated carbocycles. The summed E-state index contributed by atoms with van der Waals surface area (Å²) in [7, 11) is 3.29. The quantitative estimate of drug-likeness (QED) is 0.738. The van der Waals surface area contributed by atoms with Gasteiger partial charge in [0.05, 0.1) is 11.7 Å². The van der Waals surface area contributed by atoms with Crippen LogP contribution in [0.4, 0.5) is 5.95 Å². The molecule has 0 amide bonds. The maximum Gasteiger partial charge on any atom is 0.282 e. The average Bonchev–Trinajstić information content (AvgIpc) is 2.67. The Kier molecular flexibility index (Phi) is 6.24. The number of piperidine rings is 1. The molecule has 2 aromatic rings. The highest BCUT2D eigenvalue weighted by Gasteiger charge is 2.37. The first-order valence-corrected chi connectivity index (χ1v) is 11.0. The van der Waals surface area contributed by atoms with Crippen molar-refractivity contribution in [1.29, 1.82) is 0 Å². The Morgan fingerprint density at radius 1 is 1.18 bits per heavy atom. The maximum absolute atomic E-state index is 13.0. The van der Waals surface area contributed by atoms with Crippen molar-refractivity contribution in [2.24, 2.45) is 0 Å². The van der Waals surface area contributed by atoms with Crippen LogP contribution >= 0.6 is 11.6 Å². The van der Waals surface area contributed by atoms with Crippen LogP contribution in [0, 0.1) is 0 Å². The monoisotopic (exact) mass is 423 g/mol. The predicted molar refractivity (Wildman–Crippen MR) is 113 cm³/mol. The van der Waals surface area contributed by atoms with E-state index in [4.69, 9.17) is 16.6 Å². The number of rotatable bonds is 5. The predicted octanol–water partition coefficient (Wildman–Crippen LogP) is 3.20. The molecule has 1 atom stereocenters. The molecule has 1 aromatic heterocycles. The lowest BCUT2D eigenvalue weighted by Gasteiger charge is -2.36. The van der Waals surface area contributed by atoms with Gasteiger partial charge in [-0.25, -0.2) is 9.97 Å². The van der Waals surface area contributed by atoms with Crippen LogP contribution in [0.15, 0.2) is 30.5 Å². The third-order valence-corrected chi connectivity index (χ3v) is 7.06. The van der Waals surface area contributed by atoms with Crippen LogP contribution in [0.5, 0.6) is 0 Å². The molecular weight excluding hydrogens is 398 g/mol. The topological polar surface area (TPSA) is 69.6 Å². The Morgan fingerprint density at radius 2 is 1.93 bits per heavy atom. The largest absolute Gasteiger partial charge is 0.347 e. The van der Waals surface area contributed by atoms with Gasteiger partial charge in [0.1, 0.15) is 0 Å². The Labute approximate surface area is 172 Å². The summed E-state index contributed by atoms with van der Waals surface area (Å²) in [4.78, 5) is 11.0. The summed E-state index contributed by atoms with van der Waals surface area (Å²) >= 11 is 6.20. The Hall–Kier alpha value is -1.74. The van der Waals surface area contributed by atoms with Gasteiger partial charge in [-0.3, -0.25) is 0 Å². The Morgan fingerprint density at radius 3 is 2.57 bits per heavy atom. The Bertz CT molecular complexity index is 949. The fourth-order valence-electron chi connectivity index (χ4n) is 3.40. The molecule has 7 nitrogen and oxygen atoms in total. The molecule has 0 aliphatic carbocycles. The van der Waals surface area contributed by atoms with Gasteiger partial charge in [0.25, 0.3) is 10.2 Å². The minimum atomic E-state index is -3.57. The van der Waals surface area contributed by atoms with Crippen molar-refractivity contribution in [3.05, 3.63) is 41.2 Å². The summed E-state index contributed by atoms with van der Waals surface area (Å²) in [6.45, 7) is 0.474. The molecule has 0 radical (unpaired) electrons. The second-order valence-electron chi connectivity index (χ2n) is 7.29. The summed E-state index contributed by atoms with van der Waals surface area (Å²) in [5.41, 5.74) is 2.39. The number of hydrogen-bond donors (Lipinski definition) is 0. The molecule has 9 heteroatoms. The second-order valence-corrected chi connectivity index (χ2v) is 9.82. The highest BCUT2D eigenvalue weighted by Crippen LogP contribution is 2.38. The van der Waals surface area contributed by atoms with Crippen molar-refractivity contribution in [1.82, 2.24) is 18.6 Å². The zero-order valence-electron chi connectivity index (χ0n) is 16.6. The fourth-order valence-corrected chi connectivity index (χ4v) is 4.89. The van der Waals surface area contributed by atoms with Crippen LogP contribution in [-0.2, 0) is 10.2 Å². The minimum Gasteiger partial charge on any atom is -0.347 e. The SMILES string of the molecule is CN(C)c1ncc(-c2cccc(Cl)c2)c([C@@H]2CCCCN2S(=O)(=O)N(C)C)n1. The molecular formula is C19H26ClN5O2S. The van der Waals surface area contributed by atoms with Gasteiger partial charge < -0.3 is 4.90 Å². The van der Waals surface area contributed by atoms with Gasteiger partial charge in [-0.15, -0.1) is 0 Å². The minimum absolute atomic E-state index is 0.350. The molecule has 1 aromatic carbocycles. The van der Waals surface area contributed by atoms with E-state index in [1.54, 1.807) is 24.6 Å². The molecule has 1 aliphatic heterocycles.